The topological polar surface area (TPSA) is 50.8 Å². The highest BCUT2D eigenvalue weighted by Crippen LogP contribution is 2.44. The highest BCUT2D eigenvalue weighted by atomic mass is 127. The van der Waals surface area contributed by atoms with Gasteiger partial charge in [-0.3, -0.25) is 14.1 Å². The molecule has 5 nitrogen and oxygen atoms in total. The molecule has 1 fully saturated rings. The maximum Gasteiger partial charge on any atom is 0.207 e. The first-order valence-corrected chi connectivity index (χ1v) is 17.4. The zero-order valence-corrected chi connectivity index (χ0v) is 25.5. The highest BCUT2D eigenvalue weighted by molar-refractivity contribution is 14.2. The van der Waals surface area contributed by atoms with E-state index in [4.69, 9.17) is 9.26 Å². The van der Waals surface area contributed by atoms with Crippen molar-refractivity contribution in [2.45, 2.75) is 26.3 Å². The smallest absolute Gasteiger partial charge is 0.207 e. The predicted molar refractivity (Wildman–Crippen MR) is 165 cm³/mol. The molecule has 3 aromatic carbocycles. The lowest BCUT2D eigenvalue weighted by molar-refractivity contribution is 0.103. The Balaban J connectivity index is 1.41. The molecule has 1 aliphatic heterocycles. The van der Waals surface area contributed by atoms with Crippen LogP contribution in [-0.4, -0.2) is 43.0 Å². The summed E-state index contributed by atoms with van der Waals surface area (Å²) in [6.07, 6.45) is 0.577. The molecule has 1 atom stereocenters. The van der Waals surface area contributed by atoms with E-state index in [1.807, 2.05) is 42.5 Å². The van der Waals surface area contributed by atoms with Crippen LogP contribution in [0.2, 0.25) is 0 Å². The highest BCUT2D eigenvalue weighted by Gasteiger charge is 2.27. The van der Waals surface area contributed by atoms with Gasteiger partial charge in [0.2, 0.25) is 5.78 Å². The van der Waals surface area contributed by atoms with Crippen molar-refractivity contribution in [3.8, 4) is 17.2 Å². The van der Waals surface area contributed by atoms with Gasteiger partial charge in [-0.05, 0) is 108 Å². The first-order valence-electron chi connectivity index (χ1n) is 12.6. The fraction of sp³-hybridized carbons (Fsp3) is 0.276. The molecule has 1 aliphatic rings. The number of benzene rings is 3. The molecule has 1 unspecified atom stereocenters. The number of thiophene rings is 1. The normalized spacial score (nSPS) is 14.2. The van der Waals surface area contributed by atoms with Crippen molar-refractivity contribution in [1.82, 2.24) is 4.90 Å². The van der Waals surface area contributed by atoms with Crippen molar-refractivity contribution >= 4 is 61.4 Å². The first kappa shape index (κ1) is 28.2. The third-order valence-electron chi connectivity index (χ3n) is 6.71. The second-order valence-corrected chi connectivity index (χ2v) is 12.3. The van der Waals surface area contributed by atoms with Gasteiger partial charge in [-0.1, -0.05) is 0 Å². The monoisotopic (exact) mass is 680 g/mol. The molecule has 2 heterocycles. The zero-order chi connectivity index (χ0) is 27.5. The first-order chi connectivity index (χ1) is 18.9. The number of alkyl halides is 1. The minimum absolute atomic E-state index is 0.194. The lowest BCUT2D eigenvalue weighted by atomic mass is 9.97. The maximum absolute atomic E-state index is 14.0. The largest absolute Gasteiger partial charge is 0.467 e. The molecule has 4 aromatic rings. The van der Waals surface area contributed by atoms with Gasteiger partial charge in [-0.2, -0.15) is 0 Å². The van der Waals surface area contributed by atoms with Crippen molar-refractivity contribution < 1.29 is 22.8 Å². The van der Waals surface area contributed by atoms with Gasteiger partial charge < -0.3 is 14.6 Å². The van der Waals surface area contributed by atoms with Crippen LogP contribution >= 0.6 is 39.8 Å². The van der Waals surface area contributed by atoms with Crippen LogP contribution in [-0.2, 0) is 0 Å². The third-order valence-corrected chi connectivity index (χ3v) is 8.82. The van der Waals surface area contributed by atoms with Crippen LogP contribution in [0.25, 0.3) is 10.1 Å². The number of aryl methyl sites for hydroxylation is 2. The molecule has 0 aliphatic carbocycles. The van der Waals surface area contributed by atoms with E-state index < -0.39 is 0 Å². The SMILES string of the molecule is Cc1cc(F)cc(C)c1C(=O)c1sc2cc(OPI)ccc2c1Oc1ccc(NC2CN(CCCF)C2)cc1. The Morgan fingerprint density at radius 1 is 1.10 bits per heavy atom. The molecule has 0 amide bonds. The Labute approximate surface area is 245 Å². The Kier molecular flexibility index (Phi) is 9.01. The van der Waals surface area contributed by atoms with Crippen molar-refractivity contribution in [3.05, 3.63) is 82.0 Å². The number of rotatable bonds is 11. The number of hydrogen-bond donors (Lipinski definition) is 1. The number of hydrogen-bond acceptors (Lipinski definition) is 6. The Bertz CT molecular complexity index is 1470. The van der Waals surface area contributed by atoms with E-state index in [-0.39, 0.29) is 24.7 Å². The van der Waals surface area contributed by atoms with Crippen molar-refractivity contribution in [2.75, 3.05) is 31.6 Å². The summed E-state index contributed by atoms with van der Waals surface area (Å²) >= 11 is 3.52. The van der Waals surface area contributed by atoms with Gasteiger partial charge in [0.05, 0.1) is 12.7 Å². The van der Waals surface area contributed by atoms with Gasteiger partial charge in [-0.15, -0.1) is 11.3 Å². The number of anilines is 1. The Hall–Kier alpha value is -2.33. The number of halogens is 3. The van der Waals surface area contributed by atoms with E-state index in [1.54, 1.807) is 13.8 Å². The summed E-state index contributed by atoms with van der Waals surface area (Å²) in [6, 6.07) is 16.5. The molecule has 10 heteroatoms. The van der Waals surface area contributed by atoms with Gasteiger partial charge in [0.25, 0.3) is 0 Å². The van der Waals surface area contributed by atoms with Crippen LogP contribution in [0.3, 0.4) is 0 Å². The fourth-order valence-corrected chi connectivity index (χ4v) is 6.98. The molecular weight excluding hydrogens is 652 g/mol. The van der Waals surface area contributed by atoms with Crippen molar-refractivity contribution in [1.29, 1.82) is 0 Å². The molecule has 1 N–H and O–H groups in total. The van der Waals surface area contributed by atoms with Gasteiger partial charge in [0.1, 0.15) is 28.6 Å². The Morgan fingerprint density at radius 3 is 2.46 bits per heavy atom. The molecule has 39 heavy (non-hydrogen) atoms. The van der Waals surface area contributed by atoms with E-state index in [9.17, 15) is 13.6 Å². The minimum atomic E-state index is -0.362. The minimum Gasteiger partial charge on any atom is -0.467 e. The summed E-state index contributed by atoms with van der Waals surface area (Å²) in [5.41, 5.74) is 2.64. The van der Waals surface area contributed by atoms with Crippen LogP contribution in [0, 0.1) is 19.7 Å². The number of carbonyl (C=O) groups excluding carboxylic acids is 1. The quantitative estimate of drug-likeness (QED) is 0.0980. The zero-order valence-electron chi connectivity index (χ0n) is 21.5. The summed E-state index contributed by atoms with van der Waals surface area (Å²) in [6.45, 7) is 6.08. The summed E-state index contributed by atoms with van der Waals surface area (Å²) < 4.78 is 39.3. The van der Waals surface area contributed by atoms with Crippen LogP contribution < -0.4 is 14.6 Å². The molecular formula is C29H28F2IN2O3PS. The van der Waals surface area contributed by atoms with E-state index >= 15 is 0 Å². The number of nitrogens with zero attached hydrogens (tertiary/aromatic N) is 1. The van der Waals surface area contributed by atoms with Crippen LogP contribution in [0.5, 0.6) is 17.2 Å². The number of fused-ring (bicyclic) bond motifs is 1. The van der Waals surface area contributed by atoms with E-state index in [0.717, 1.165) is 41.2 Å². The molecule has 0 radical (unpaired) electrons. The molecule has 204 valence electrons. The molecule has 1 saturated heterocycles. The number of carbonyl (C=O) groups is 1. The van der Waals surface area contributed by atoms with Crippen molar-refractivity contribution in [3.63, 3.8) is 0 Å². The van der Waals surface area contributed by atoms with Crippen LogP contribution in [0.15, 0.2) is 54.6 Å². The summed E-state index contributed by atoms with van der Waals surface area (Å²) in [5, 5.41) is 4.31. The summed E-state index contributed by atoms with van der Waals surface area (Å²) in [5.74, 6) is 1.26. The second kappa shape index (κ2) is 12.5. The van der Waals surface area contributed by atoms with Crippen LogP contribution in [0.4, 0.5) is 14.5 Å². The lowest BCUT2D eigenvalue weighted by Gasteiger charge is -2.40. The van der Waals surface area contributed by atoms with Crippen molar-refractivity contribution in [2.24, 2.45) is 0 Å². The Morgan fingerprint density at radius 2 is 1.79 bits per heavy atom. The molecule has 5 rings (SSSR count). The molecule has 0 bridgehead atoms. The average Bonchev–Trinajstić information content (AvgIpc) is 3.23. The average molecular weight is 680 g/mol. The predicted octanol–water partition coefficient (Wildman–Crippen LogP) is 8.46. The summed E-state index contributed by atoms with van der Waals surface area (Å²) in [4.78, 5) is 16.5. The number of ketones is 1. The molecule has 0 saturated carbocycles. The van der Waals surface area contributed by atoms with Gasteiger partial charge in [-0.25, -0.2) is 4.39 Å². The second-order valence-electron chi connectivity index (χ2n) is 9.61. The standard InChI is InChI=1S/C29H28F2IN2O3PS/c1-17-12-19(31)13-18(2)26(17)27(35)29-28(24-9-8-23(37-38-32)14-25(24)39-29)36-22-6-4-20(5-7-22)33-21-15-34(16-21)11-3-10-30/h4-9,12-14,21,33,38H,3,10-11,15-16H2,1-2H3. The number of likely N-dealkylation sites (tertiary alicyclic amines) is 1. The molecule has 1 aromatic heterocycles. The number of ether oxygens (including phenoxy) is 1. The van der Waals surface area contributed by atoms with Gasteiger partial charge in [0, 0.05) is 41.0 Å². The van der Waals surface area contributed by atoms with Crippen LogP contribution in [0.1, 0.15) is 32.8 Å². The third kappa shape index (κ3) is 6.37. The number of nitrogens with one attached hydrogen (secondary N) is 1. The van der Waals surface area contributed by atoms with Gasteiger partial charge >= 0.3 is 0 Å². The summed E-state index contributed by atoms with van der Waals surface area (Å²) in [7, 11) is 0. The lowest BCUT2D eigenvalue weighted by Crippen LogP contribution is -2.54. The fourth-order valence-electron chi connectivity index (χ4n) is 4.89. The maximum atomic E-state index is 14.0. The molecule has 0 spiro atoms. The van der Waals surface area contributed by atoms with E-state index in [2.05, 4.69) is 32.3 Å². The van der Waals surface area contributed by atoms with E-state index in [1.165, 1.54) is 23.5 Å². The van der Waals surface area contributed by atoms with Gasteiger partial charge in [0.15, 0.2) is 5.75 Å². The van der Waals surface area contributed by atoms with E-state index in [0.29, 0.717) is 45.5 Å².